The highest BCUT2D eigenvalue weighted by Gasteiger charge is 2.18. The van der Waals surface area contributed by atoms with E-state index in [2.05, 4.69) is 30.8 Å². The second-order valence-corrected chi connectivity index (χ2v) is 10.5. The third-order valence-electron chi connectivity index (χ3n) is 4.78. The largest absolute Gasteiger partial charge is 0.394 e. The summed E-state index contributed by atoms with van der Waals surface area (Å²) in [5.41, 5.74) is 2.20. The van der Waals surface area contributed by atoms with Gasteiger partial charge in [0, 0.05) is 18.1 Å². The van der Waals surface area contributed by atoms with E-state index in [1.165, 1.54) is 23.5 Å². The molecule has 11 heteroatoms. The zero-order valence-corrected chi connectivity index (χ0v) is 19.6. The number of nitrogens with zero attached hydrogens (tertiary/aromatic N) is 4. The maximum atomic E-state index is 11.7. The molecule has 33 heavy (non-hydrogen) atoms. The first-order chi connectivity index (χ1) is 15.8. The van der Waals surface area contributed by atoms with E-state index in [0.29, 0.717) is 28.0 Å². The van der Waals surface area contributed by atoms with E-state index in [9.17, 15) is 13.5 Å². The number of aromatic nitrogens is 4. The highest BCUT2D eigenvalue weighted by atomic mass is 32.2. The van der Waals surface area contributed by atoms with Gasteiger partial charge in [0.2, 0.25) is 5.95 Å². The van der Waals surface area contributed by atoms with Crippen LogP contribution in [0.4, 0.5) is 17.5 Å². The molecule has 9 nitrogen and oxygen atoms in total. The minimum Gasteiger partial charge on any atom is -0.394 e. The minimum absolute atomic E-state index is 0.141. The maximum absolute atomic E-state index is 11.7. The fourth-order valence-electron chi connectivity index (χ4n) is 3.11. The summed E-state index contributed by atoms with van der Waals surface area (Å²) in [5, 5.41) is 26.1. The molecule has 1 atom stereocenters. The lowest BCUT2D eigenvalue weighted by Gasteiger charge is -2.19. The van der Waals surface area contributed by atoms with Crippen molar-refractivity contribution in [1.82, 2.24) is 20.2 Å². The molecule has 0 unspecified atom stereocenters. The molecule has 0 radical (unpaired) electrons. The Kier molecular flexibility index (Phi) is 6.63. The Balaban J connectivity index is 1.67. The molecule has 170 valence electrons. The van der Waals surface area contributed by atoms with Crippen LogP contribution in [-0.4, -0.2) is 46.6 Å². The molecule has 4 aromatic rings. The van der Waals surface area contributed by atoms with Gasteiger partial charge in [-0.15, -0.1) is 10.2 Å². The van der Waals surface area contributed by atoms with Crippen molar-refractivity contribution in [3.05, 3.63) is 71.4 Å². The highest BCUT2D eigenvalue weighted by Crippen LogP contribution is 2.32. The van der Waals surface area contributed by atoms with Gasteiger partial charge in [-0.05, 0) is 36.8 Å². The average Bonchev–Trinajstić information content (AvgIpc) is 3.24. The van der Waals surface area contributed by atoms with E-state index in [0.717, 1.165) is 16.8 Å². The van der Waals surface area contributed by atoms with Crippen LogP contribution in [0.3, 0.4) is 0 Å². The Morgan fingerprint density at radius 2 is 1.79 bits per heavy atom. The molecule has 0 bridgehead atoms. The van der Waals surface area contributed by atoms with Crippen molar-refractivity contribution < 1.29 is 13.5 Å². The van der Waals surface area contributed by atoms with E-state index < -0.39 is 15.9 Å². The third kappa shape index (κ3) is 5.51. The summed E-state index contributed by atoms with van der Waals surface area (Å²) in [6, 6.07) is 15.5. The Morgan fingerprint density at radius 3 is 2.39 bits per heavy atom. The standard InChI is InChI=1S/C22H22N6O3S2/c1-14-27-28-21(32-14)18-12-23-22(24-16-8-10-17(11-9-16)33(2,30)31)26-20(18)25-19(13-29)15-6-4-3-5-7-15/h3-12,19,29H,13H2,1-2H3,(H2,23,24,25,26)/t19-/m1/s1. The molecule has 3 N–H and O–H groups in total. The molecule has 2 heterocycles. The van der Waals surface area contributed by atoms with Crippen molar-refractivity contribution in [2.24, 2.45) is 0 Å². The zero-order valence-electron chi connectivity index (χ0n) is 17.9. The van der Waals surface area contributed by atoms with Gasteiger partial charge in [0.05, 0.1) is 23.1 Å². The van der Waals surface area contributed by atoms with Gasteiger partial charge in [-0.2, -0.15) is 4.98 Å². The predicted octanol–water partition coefficient (Wildman–Crippen LogP) is 3.60. The van der Waals surface area contributed by atoms with Crippen molar-refractivity contribution >= 4 is 38.6 Å². The monoisotopic (exact) mass is 482 g/mol. The smallest absolute Gasteiger partial charge is 0.229 e. The summed E-state index contributed by atoms with van der Waals surface area (Å²) in [4.78, 5) is 9.24. The van der Waals surface area contributed by atoms with Gasteiger partial charge in [-0.25, -0.2) is 13.4 Å². The van der Waals surface area contributed by atoms with E-state index in [-0.39, 0.29) is 11.5 Å². The van der Waals surface area contributed by atoms with Crippen LogP contribution in [0, 0.1) is 6.92 Å². The predicted molar refractivity (Wildman–Crippen MR) is 128 cm³/mol. The number of aryl methyl sites for hydroxylation is 1. The van der Waals surface area contributed by atoms with Crippen LogP contribution >= 0.6 is 11.3 Å². The first kappa shape index (κ1) is 22.8. The molecule has 2 aromatic heterocycles. The molecule has 4 rings (SSSR count). The summed E-state index contributed by atoms with van der Waals surface area (Å²) < 4.78 is 23.4. The lowest BCUT2D eigenvalue weighted by molar-refractivity contribution is 0.276. The molecular formula is C22H22N6O3S2. The van der Waals surface area contributed by atoms with Crippen LogP contribution in [0.2, 0.25) is 0 Å². The van der Waals surface area contributed by atoms with Crippen LogP contribution in [-0.2, 0) is 9.84 Å². The van der Waals surface area contributed by atoms with Crippen molar-refractivity contribution in [2.75, 3.05) is 23.5 Å². The normalized spacial score (nSPS) is 12.3. The Labute approximate surface area is 195 Å². The van der Waals surface area contributed by atoms with Crippen LogP contribution in [0.1, 0.15) is 16.6 Å². The number of aliphatic hydroxyl groups excluding tert-OH is 1. The van der Waals surface area contributed by atoms with Gasteiger partial charge >= 0.3 is 0 Å². The topological polar surface area (TPSA) is 130 Å². The van der Waals surface area contributed by atoms with Gasteiger partial charge in [0.1, 0.15) is 10.8 Å². The van der Waals surface area contributed by atoms with Crippen molar-refractivity contribution in [3.8, 4) is 10.6 Å². The molecule has 0 fully saturated rings. The number of nitrogens with one attached hydrogen (secondary N) is 2. The molecule has 0 aliphatic carbocycles. The Bertz CT molecular complexity index is 1340. The number of hydrogen-bond acceptors (Lipinski definition) is 10. The SMILES string of the molecule is Cc1nnc(-c2cnc(Nc3ccc(S(C)(=O)=O)cc3)nc2N[C@H](CO)c2ccccc2)s1. The van der Waals surface area contributed by atoms with Crippen LogP contribution in [0.15, 0.2) is 65.7 Å². The summed E-state index contributed by atoms with van der Waals surface area (Å²) in [5.74, 6) is 0.790. The molecule has 0 spiro atoms. The zero-order chi connectivity index (χ0) is 23.4. The van der Waals surface area contributed by atoms with Gasteiger partial charge < -0.3 is 15.7 Å². The Morgan fingerprint density at radius 1 is 1.06 bits per heavy atom. The quantitative estimate of drug-likeness (QED) is 0.345. The van der Waals surface area contributed by atoms with E-state index in [4.69, 9.17) is 0 Å². The van der Waals surface area contributed by atoms with Crippen LogP contribution in [0.5, 0.6) is 0 Å². The summed E-state index contributed by atoms with van der Waals surface area (Å²) >= 11 is 1.42. The summed E-state index contributed by atoms with van der Waals surface area (Å²) in [7, 11) is -3.28. The van der Waals surface area contributed by atoms with Crippen molar-refractivity contribution in [2.45, 2.75) is 17.9 Å². The molecule has 0 amide bonds. The molecule has 0 saturated carbocycles. The van der Waals surface area contributed by atoms with Gasteiger partial charge in [0.15, 0.2) is 14.8 Å². The number of benzene rings is 2. The van der Waals surface area contributed by atoms with Crippen LogP contribution < -0.4 is 10.6 Å². The molecule has 0 saturated heterocycles. The fraction of sp³-hybridized carbons (Fsp3) is 0.182. The summed E-state index contributed by atoms with van der Waals surface area (Å²) in [6.07, 6.45) is 2.80. The second kappa shape index (κ2) is 9.61. The fourth-order valence-corrected chi connectivity index (χ4v) is 4.45. The van der Waals surface area contributed by atoms with Gasteiger partial charge in [-0.1, -0.05) is 41.7 Å². The average molecular weight is 483 g/mol. The summed E-state index contributed by atoms with van der Waals surface area (Å²) in [6.45, 7) is 1.73. The number of hydrogen-bond donors (Lipinski definition) is 3. The van der Waals surface area contributed by atoms with Crippen LogP contribution in [0.25, 0.3) is 10.6 Å². The molecule has 0 aliphatic heterocycles. The van der Waals surface area contributed by atoms with Crippen molar-refractivity contribution in [1.29, 1.82) is 0 Å². The highest BCUT2D eigenvalue weighted by molar-refractivity contribution is 7.90. The lowest BCUT2D eigenvalue weighted by atomic mass is 10.1. The van der Waals surface area contributed by atoms with Gasteiger partial charge in [-0.3, -0.25) is 0 Å². The first-order valence-corrected chi connectivity index (χ1v) is 12.7. The van der Waals surface area contributed by atoms with E-state index >= 15 is 0 Å². The first-order valence-electron chi connectivity index (χ1n) is 10.0. The van der Waals surface area contributed by atoms with Crippen molar-refractivity contribution in [3.63, 3.8) is 0 Å². The third-order valence-corrected chi connectivity index (χ3v) is 6.78. The molecule has 0 aliphatic rings. The number of anilines is 3. The van der Waals surface area contributed by atoms with E-state index in [1.54, 1.807) is 18.3 Å². The number of aliphatic hydroxyl groups is 1. The number of sulfone groups is 1. The Hall–Kier alpha value is -3.41. The van der Waals surface area contributed by atoms with Gasteiger partial charge in [0.25, 0.3) is 0 Å². The lowest BCUT2D eigenvalue weighted by Crippen LogP contribution is -2.17. The minimum atomic E-state index is -3.28. The number of rotatable bonds is 8. The second-order valence-electron chi connectivity index (χ2n) is 7.29. The molecular weight excluding hydrogens is 460 g/mol. The van der Waals surface area contributed by atoms with E-state index in [1.807, 2.05) is 37.3 Å². The molecule has 2 aromatic carbocycles. The maximum Gasteiger partial charge on any atom is 0.229 e.